The average Bonchev–Trinajstić information content (AvgIpc) is 2.01. The Morgan fingerprint density at radius 1 is 1.54 bits per heavy atom. The van der Waals surface area contributed by atoms with Gasteiger partial charge < -0.3 is 4.74 Å². The topological polar surface area (TPSA) is 9.23 Å². The van der Waals surface area contributed by atoms with Gasteiger partial charge in [0.1, 0.15) is 6.10 Å². The zero-order valence-corrected chi connectivity index (χ0v) is 9.39. The Balaban J connectivity index is 2.54. The third-order valence-electron chi connectivity index (χ3n) is 2.86. The lowest BCUT2D eigenvalue weighted by Gasteiger charge is -2.37. The number of hydrogen-bond acceptors (Lipinski definition) is 1. The standard InChI is InChI=1S/C12H22O/c1-5-6-7-11-12(3,4)8-10(2)9-13-11/h9,11H,5-8H2,1-4H3. The number of unbranched alkanes of at least 4 members (excludes halogenated alkanes) is 1. The molecule has 0 spiro atoms. The molecule has 0 N–H and O–H groups in total. The summed E-state index contributed by atoms with van der Waals surface area (Å²) in [4.78, 5) is 0. The average molecular weight is 182 g/mol. The lowest BCUT2D eigenvalue weighted by molar-refractivity contribution is 0.00885. The molecule has 1 rings (SSSR count). The second kappa shape index (κ2) is 4.17. The second-order valence-electron chi connectivity index (χ2n) is 4.90. The molecule has 0 aromatic heterocycles. The van der Waals surface area contributed by atoms with Crippen molar-refractivity contribution in [3.8, 4) is 0 Å². The fraction of sp³-hybridized carbons (Fsp3) is 0.833. The number of rotatable bonds is 3. The molecule has 0 amide bonds. The van der Waals surface area contributed by atoms with Crippen LogP contribution in [0.5, 0.6) is 0 Å². The maximum Gasteiger partial charge on any atom is 0.103 e. The van der Waals surface area contributed by atoms with Gasteiger partial charge in [-0.15, -0.1) is 0 Å². The molecule has 76 valence electrons. The van der Waals surface area contributed by atoms with Crippen molar-refractivity contribution in [1.82, 2.24) is 0 Å². The monoisotopic (exact) mass is 182 g/mol. The van der Waals surface area contributed by atoms with Crippen LogP contribution in [-0.2, 0) is 4.74 Å². The van der Waals surface area contributed by atoms with Crippen molar-refractivity contribution < 1.29 is 4.74 Å². The summed E-state index contributed by atoms with van der Waals surface area (Å²) in [6, 6.07) is 0. The number of hydrogen-bond donors (Lipinski definition) is 0. The fourth-order valence-electron chi connectivity index (χ4n) is 2.10. The summed E-state index contributed by atoms with van der Waals surface area (Å²) in [6.07, 6.45) is 7.30. The van der Waals surface area contributed by atoms with E-state index in [0.717, 1.165) is 0 Å². The Morgan fingerprint density at radius 2 is 2.23 bits per heavy atom. The summed E-state index contributed by atoms with van der Waals surface area (Å²) in [6.45, 7) is 9.00. The third-order valence-corrected chi connectivity index (χ3v) is 2.86. The Bertz CT molecular complexity index is 191. The van der Waals surface area contributed by atoms with Crippen LogP contribution in [0.4, 0.5) is 0 Å². The number of allylic oxidation sites excluding steroid dienone is 1. The fourth-order valence-corrected chi connectivity index (χ4v) is 2.10. The maximum atomic E-state index is 5.75. The third kappa shape index (κ3) is 2.75. The Kier molecular flexibility index (Phi) is 3.40. The van der Waals surface area contributed by atoms with E-state index in [-0.39, 0.29) is 0 Å². The predicted octanol–water partition coefficient (Wildman–Crippen LogP) is 3.90. The van der Waals surface area contributed by atoms with Gasteiger partial charge in [-0.05, 0) is 25.3 Å². The molecule has 0 saturated heterocycles. The zero-order valence-electron chi connectivity index (χ0n) is 9.39. The van der Waals surface area contributed by atoms with Gasteiger partial charge in [0.25, 0.3) is 0 Å². The SMILES string of the molecule is CCCCC1OC=C(C)CC1(C)C. The first-order valence-electron chi connectivity index (χ1n) is 5.37. The minimum atomic E-state index is 0.327. The first-order chi connectivity index (χ1) is 6.06. The largest absolute Gasteiger partial charge is 0.498 e. The highest BCUT2D eigenvalue weighted by Crippen LogP contribution is 2.37. The maximum absolute atomic E-state index is 5.75. The smallest absolute Gasteiger partial charge is 0.103 e. The van der Waals surface area contributed by atoms with Crippen LogP contribution in [0.2, 0.25) is 0 Å². The quantitative estimate of drug-likeness (QED) is 0.643. The van der Waals surface area contributed by atoms with Gasteiger partial charge in [0.05, 0.1) is 6.26 Å². The van der Waals surface area contributed by atoms with Crippen molar-refractivity contribution in [1.29, 1.82) is 0 Å². The molecule has 0 radical (unpaired) electrons. The summed E-state index contributed by atoms with van der Waals surface area (Å²) >= 11 is 0. The van der Waals surface area contributed by atoms with Gasteiger partial charge in [-0.1, -0.05) is 33.6 Å². The van der Waals surface area contributed by atoms with E-state index in [1.807, 2.05) is 6.26 Å². The Morgan fingerprint density at radius 3 is 2.77 bits per heavy atom. The molecule has 1 aliphatic rings. The highest BCUT2D eigenvalue weighted by molar-refractivity contribution is 5.04. The summed E-state index contributed by atoms with van der Waals surface area (Å²) in [7, 11) is 0. The highest BCUT2D eigenvalue weighted by atomic mass is 16.5. The minimum Gasteiger partial charge on any atom is -0.498 e. The molecule has 0 aliphatic carbocycles. The van der Waals surface area contributed by atoms with Gasteiger partial charge in [-0.3, -0.25) is 0 Å². The summed E-state index contributed by atoms with van der Waals surface area (Å²) in [5.41, 5.74) is 1.70. The Hall–Kier alpha value is -0.460. The Labute approximate surface area is 82.2 Å². The molecule has 1 heteroatoms. The van der Waals surface area contributed by atoms with Crippen molar-refractivity contribution in [3.63, 3.8) is 0 Å². The second-order valence-corrected chi connectivity index (χ2v) is 4.90. The zero-order chi connectivity index (χ0) is 9.90. The molecule has 1 heterocycles. The molecule has 0 saturated carbocycles. The van der Waals surface area contributed by atoms with Gasteiger partial charge in [0.15, 0.2) is 0 Å². The highest BCUT2D eigenvalue weighted by Gasteiger charge is 2.32. The summed E-state index contributed by atoms with van der Waals surface area (Å²) in [5.74, 6) is 0. The van der Waals surface area contributed by atoms with Crippen LogP contribution in [0.3, 0.4) is 0 Å². The van der Waals surface area contributed by atoms with E-state index in [1.54, 1.807) is 0 Å². The van der Waals surface area contributed by atoms with Crippen LogP contribution in [0.25, 0.3) is 0 Å². The number of ether oxygens (including phenoxy) is 1. The molecule has 1 atom stereocenters. The van der Waals surface area contributed by atoms with Crippen molar-refractivity contribution in [3.05, 3.63) is 11.8 Å². The van der Waals surface area contributed by atoms with E-state index in [0.29, 0.717) is 11.5 Å². The molecule has 1 aliphatic heterocycles. The predicted molar refractivity (Wildman–Crippen MR) is 56.6 cm³/mol. The molecule has 0 bridgehead atoms. The van der Waals surface area contributed by atoms with Crippen LogP contribution in [0.15, 0.2) is 11.8 Å². The lowest BCUT2D eigenvalue weighted by Crippen LogP contribution is -2.33. The molecule has 0 fully saturated rings. The van der Waals surface area contributed by atoms with Crippen LogP contribution in [0.1, 0.15) is 53.4 Å². The normalized spacial score (nSPS) is 26.5. The molecule has 1 unspecified atom stereocenters. The van der Waals surface area contributed by atoms with E-state index < -0.39 is 0 Å². The van der Waals surface area contributed by atoms with Crippen molar-refractivity contribution in [2.75, 3.05) is 0 Å². The van der Waals surface area contributed by atoms with Crippen LogP contribution >= 0.6 is 0 Å². The van der Waals surface area contributed by atoms with E-state index >= 15 is 0 Å². The van der Waals surface area contributed by atoms with Crippen molar-refractivity contribution >= 4 is 0 Å². The van der Waals surface area contributed by atoms with Gasteiger partial charge in [0, 0.05) is 5.41 Å². The molecule has 1 nitrogen and oxygen atoms in total. The molecule has 13 heavy (non-hydrogen) atoms. The van der Waals surface area contributed by atoms with Crippen LogP contribution in [-0.4, -0.2) is 6.10 Å². The van der Waals surface area contributed by atoms with Gasteiger partial charge >= 0.3 is 0 Å². The van der Waals surface area contributed by atoms with E-state index in [9.17, 15) is 0 Å². The van der Waals surface area contributed by atoms with E-state index in [1.165, 1.54) is 31.3 Å². The molecule has 0 aromatic rings. The molecular weight excluding hydrogens is 160 g/mol. The summed E-state index contributed by atoms with van der Waals surface area (Å²) < 4.78 is 5.75. The molecular formula is C12H22O. The van der Waals surface area contributed by atoms with Crippen molar-refractivity contribution in [2.45, 2.75) is 59.5 Å². The first kappa shape index (κ1) is 10.6. The van der Waals surface area contributed by atoms with Gasteiger partial charge in [-0.2, -0.15) is 0 Å². The van der Waals surface area contributed by atoms with Crippen molar-refractivity contribution in [2.24, 2.45) is 5.41 Å². The minimum absolute atomic E-state index is 0.327. The lowest BCUT2D eigenvalue weighted by atomic mass is 9.77. The van der Waals surface area contributed by atoms with Crippen LogP contribution in [0, 0.1) is 5.41 Å². The molecule has 0 aromatic carbocycles. The van der Waals surface area contributed by atoms with E-state index in [4.69, 9.17) is 4.74 Å². The summed E-state index contributed by atoms with van der Waals surface area (Å²) in [5, 5.41) is 0. The first-order valence-corrected chi connectivity index (χ1v) is 5.37. The van der Waals surface area contributed by atoms with E-state index in [2.05, 4.69) is 27.7 Å². The van der Waals surface area contributed by atoms with Crippen LogP contribution < -0.4 is 0 Å². The van der Waals surface area contributed by atoms with Gasteiger partial charge in [0.2, 0.25) is 0 Å². The van der Waals surface area contributed by atoms with Gasteiger partial charge in [-0.25, -0.2) is 0 Å².